The van der Waals surface area contributed by atoms with Gasteiger partial charge < -0.3 is 15.6 Å². The number of carbonyl (C=O) groups excluding carboxylic acids is 1. The summed E-state index contributed by atoms with van der Waals surface area (Å²) in [6, 6.07) is 5.72. The van der Waals surface area contributed by atoms with Crippen molar-refractivity contribution < 1.29 is 13.7 Å². The number of carbonyl (C=O) groups is 1. The summed E-state index contributed by atoms with van der Waals surface area (Å²) in [5.41, 5.74) is 8.28. The van der Waals surface area contributed by atoms with Gasteiger partial charge in [-0.1, -0.05) is 32.0 Å². The van der Waals surface area contributed by atoms with Crippen LogP contribution in [0.2, 0.25) is 0 Å². The van der Waals surface area contributed by atoms with Gasteiger partial charge in [-0.2, -0.15) is 5.10 Å². The third-order valence-electron chi connectivity index (χ3n) is 6.23. The maximum absolute atomic E-state index is 14.9. The van der Waals surface area contributed by atoms with Gasteiger partial charge in [0.2, 0.25) is 5.88 Å². The van der Waals surface area contributed by atoms with Crippen molar-refractivity contribution in [2.24, 2.45) is 0 Å². The van der Waals surface area contributed by atoms with Crippen LogP contribution in [0.25, 0.3) is 22.3 Å². The minimum absolute atomic E-state index is 0.00466. The number of nitrogens with two attached hydrogens (primary N) is 1. The van der Waals surface area contributed by atoms with Crippen molar-refractivity contribution in [2.45, 2.75) is 51.5 Å². The first-order valence-corrected chi connectivity index (χ1v) is 11.1. The van der Waals surface area contributed by atoms with Crippen LogP contribution < -0.4 is 16.4 Å². The van der Waals surface area contributed by atoms with Gasteiger partial charge in [0.15, 0.2) is 5.65 Å². The van der Waals surface area contributed by atoms with Crippen LogP contribution >= 0.6 is 0 Å². The zero-order chi connectivity index (χ0) is 24.0. The molecule has 0 aliphatic heterocycles. The Balaban J connectivity index is 1.36. The van der Waals surface area contributed by atoms with Crippen molar-refractivity contribution >= 4 is 34.5 Å². The number of fused-ring (bicyclic) bond motifs is 1. The second-order valence-corrected chi connectivity index (χ2v) is 9.07. The number of aromatic nitrogens is 5. The van der Waals surface area contributed by atoms with E-state index in [4.69, 9.17) is 10.3 Å². The molecule has 176 valence electrons. The summed E-state index contributed by atoms with van der Waals surface area (Å²) in [6.45, 7) is 6.10. The van der Waals surface area contributed by atoms with E-state index in [1.54, 1.807) is 12.1 Å². The molecular formula is C23H25FN8O2. The number of benzene rings is 1. The molecule has 1 aromatic carbocycles. The molecule has 34 heavy (non-hydrogen) atoms. The Labute approximate surface area is 194 Å². The lowest BCUT2D eigenvalue weighted by molar-refractivity contribution is 0.261. The quantitative estimate of drug-likeness (QED) is 0.370. The van der Waals surface area contributed by atoms with Gasteiger partial charge in [0.1, 0.15) is 23.7 Å². The van der Waals surface area contributed by atoms with Crippen molar-refractivity contribution in [1.29, 1.82) is 0 Å². The van der Waals surface area contributed by atoms with E-state index in [0.717, 1.165) is 25.0 Å². The van der Waals surface area contributed by atoms with Crippen molar-refractivity contribution in [3.8, 4) is 11.3 Å². The smallest absolute Gasteiger partial charge is 0.326 e. The van der Waals surface area contributed by atoms with Crippen LogP contribution in [0.5, 0.6) is 0 Å². The van der Waals surface area contributed by atoms with Crippen LogP contribution in [0, 0.1) is 5.82 Å². The SMILES string of the molecule is CCC(C)(C)c1cc(NC(=O)Nc2ccc(-c3nn(C4CC4)c4ncnc(N)c34)cc2F)on1. The zero-order valence-corrected chi connectivity index (χ0v) is 19.1. The molecule has 0 radical (unpaired) electrons. The van der Waals surface area contributed by atoms with Crippen molar-refractivity contribution in [3.63, 3.8) is 0 Å². The van der Waals surface area contributed by atoms with Crippen LogP contribution in [-0.2, 0) is 5.41 Å². The van der Waals surface area contributed by atoms with Gasteiger partial charge in [-0.15, -0.1) is 0 Å². The number of nitrogens with one attached hydrogen (secondary N) is 2. The first-order valence-electron chi connectivity index (χ1n) is 11.1. The normalized spacial score (nSPS) is 13.9. The molecule has 2 amide bonds. The Bertz CT molecular complexity index is 1390. The number of rotatable bonds is 6. The van der Waals surface area contributed by atoms with Gasteiger partial charge in [-0.05, 0) is 31.4 Å². The topological polar surface area (TPSA) is 137 Å². The Morgan fingerprint density at radius 3 is 2.76 bits per heavy atom. The fourth-order valence-electron chi connectivity index (χ4n) is 3.63. The first-order chi connectivity index (χ1) is 16.3. The largest absolute Gasteiger partial charge is 0.383 e. The Morgan fingerprint density at radius 2 is 2.06 bits per heavy atom. The first kappa shape index (κ1) is 21.8. The predicted molar refractivity (Wildman–Crippen MR) is 126 cm³/mol. The van der Waals surface area contributed by atoms with Crippen LogP contribution in [0.15, 0.2) is 35.1 Å². The highest BCUT2D eigenvalue weighted by atomic mass is 19.1. The highest BCUT2D eigenvalue weighted by Gasteiger charge is 2.29. The Kier molecular flexibility index (Phi) is 5.18. The lowest BCUT2D eigenvalue weighted by atomic mass is 9.87. The fourth-order valence-corrected chi connectivity index (χ4v) is 3.63. The van der Waals surface area contributed by atoms with Crippen LogP contribution in [0.4, 0.5) is 26.6 Å². The van der Waals surface area contributed by atoms with E-state index >= 15 is 0 Å². The number of urea groups is 1. The fraction of sp³-hybridized carbons (Fsp3) is 0.348. The molecular weight excluding hydrogens is 439 g/mol. The van der Waals surface area contributed by atoms with Crippen LogP contribution in [0.1, 0.15) is 51.8 Å². The number of amides is 2. The number of nitrogens with zero attached hydrogens (tertiary/aromatic N) is 5. The molecule has 4 aromatic rings. The molecule has 1 aliphatic rings. The lowest BCUT2D eigenvalue weighted by Gasteiger charge is -2.18. The molecule has 0 unspecified atom stereocenters. The number of halogens is 1. The highest BCUT2D eigenvalue weighted by Crippen LogP contribution is 2.40. The average Bonchev–Trinajstić information content (AvgIpc) is 3.40. The van der Waals surface area contributed by atoms with E-state index < -0.39 is 11.8 Å². The monoisotopic (exact) mass is 464 g/mol. The van der Waals surface area contributed by atoms with E-state index in [1.807, 2.05) is 25.5 Å². The Morgan fingerprint density at radius 1 is 1.26 bits per heavy atom. The molecule has 11 heteroatoms. The van der Waals surface area contributed by atoms with Crippen LogP contribution in [-0.4, -0.2) is 30.9 Å². The molecule has 0 bridgehead atoms. The summed E-state index contributed by atoms with van der Waals surface area (Å²) < 4.78 is 22.0. The number of hydrogen-bond donors (Lipinski definition) is 3. The van der Waals surface area contributed by atoms with E-state index in [9.17, 15) is 9.18 Å². The van der Waals surface area contributed by atoms with Gasteiger partial charge in [0, 0.05) is 17.0 Å². The number of anilines is 3. The third-order valence-corrected chi connectivity index (χ3v) is 6.23. The third kappa shape index (κ3) is 3.93. The van der Waals surface area contributed by atoms with Gasteiger partial charge in [-0.3, -0.25) is 5.32 Å². The average molecular weight is 465 g/mol. The maximum atomic E-state index is 14.9. The molecule has 1 aliphatic carbocycles. The summed E-state index contributed by atoms with van der Waals surface area (Å²) in [4.78, 5) is 20.8. The summed E-state index contributed by atoms with van der Waals surface area (Å²) in [6.07, 6.45) is 4.27. The Hall–Kier alpha value is -4.02. The molecule has 3 aromatic heterocycles. The molecule has 0 spiro atoms. The second kappa shape index (κ2) is 8.08. The summed E-state index contributed by atoms with van der Waals surface area (Å²) in [5.74, 6) is -0.159. The van der Waals surface area contributed by atoms with Gasteiger partial charge >= 0.3 is 6.03 Å². The molecule has 10 nitrogen and oxygen atoms in total. The van der Waals surface area contributed by atoms with Crippen molar-refractivity contribution in [3.05, 3.63) is 42.1 Å². The molecule has 0 atom stereocenters. The molecule has 1 saturated carbocycles. The predicted octanol–water partition coefficient (Wildman–Crippen LogP) is 4.87. The van der Waals surface area contributed by atoms with Crippen LogP contribution in [0.3, 0.4) is 0 Å². The maximum Gasteiger partial charge on any atom is 0.326 e. The summed E-state index contributed by atoms with van der Waals surface area (Å²) in [7, 11) is 0. The number of nitrogen functional groups attached to an aromatic ring is 1. The standard InChI is InChI=1S/C23H25FN8O2/c1-4-23(2,3)16-10-17(34-31-16)29-22(33)28-15-8-5-12(9-14(15)24)19-18-20(25)26-11-27-21(18)32(30-19)13-6-7-13/h5,8-11,13H,4,6-7H2,1-3H3,(H2,25,26,27)(H2,28,29,33). The lowest BCUT2D eigenvalue weighted by Crippen LogP contribution is -2.20. The van der Waals surface area contributed by atoms with E-state index in [0.29, 0.717) is 22.3 Å². The summed E-state index contributed by atoms with van der Waals surface area (Å²) in [5, 5.41) is 14.3. The van der Waals surface area contributed by atoms with E-state index in [2.05, 4.69) is 30.9 Å². The zero-order valence-electron chi connectivity index (χ0n) is 19.1. The van der Waals surface area contributed by atoms with E-state index in [-0.39, 0.29) is 28.8 Å². The van der Waals surface area contributed by atoms with Gasteiger partial charge in [0.05, 0.1) is 22.8 Å². The van der Waals surface area contributed by atoms with E-state index in [1.165, 1.54) is 18.5 Å². The van der Waals surface area contributed by atoms with Gasteiger partial charge in [0.25, 0.3) is 0 Å². The highest BCUT2D eigenvalue weighted by molar-refractivity contribution is 6.00. The summed E-state index contributed by atoms with van der Waals surface area (Å²) >= 11 is 0. The number of hydrogen-bond acceptors (Lipinski definition) is 7. The second-order valence-electron chi connectivity index (χ2n) is 9.07. The van der Waals surface area contributed by atoms with Gasteiger partial charge in [-0.25, -0.2) is 23.8 Å². The molecule has 3 heterocycles. The van der Waals surface area contributed by atoms with Crippen molar-refractivity contribution in [1.82, 2.24) is 24.9 Å². The minimum Gasteiger partial charge on any atom is -0.383 e. The molecule has 0 saturated heterocycles. The molecule has 1 fully saturated rings. The van der Waals surface area contributed by atoms with Crippen molar-refractivity contribution in [2.75, 3.05) is 16.4 Å². The molecule has 4 N–H and O–H groups in total. The molecule has 5 rings (SSSR count). The minimum atomic E-state index is -0.648.